The summed E-state index contributed by atoms with van der Waals surface area (Å²) < 4.78 is 0. The number of hydrogen-bond acceptors (Lipinski definition) is 4. The summed E-state index contributed by atoms with van der Waals surface area (Å²) in [7, 11) is 0. The molecule has 0 radical (unpaired) electrons. The van der Waals surface area contributed by atoms with Gasteiger partial charge in [-0.2, -0.15) is 5.10 Å². The van der Waals surface area contributed by atoms with Crippen molar-refractivity contribution < 1.29 is 9.90 Å². The number of aliphatic carboxylic acids is 1. The summed E-state index contributed by atoms with van der Waals surface area (Å²) in [6.45, 7) is 1.43. The van der Waals surface area contributed by atoms with E-state index in [9.17, 15) is 4.79 Å². The normalized spacial score (nSPS) is 11.5. The predicted molar refractivity (Wildman–Crippen MR) is 66.1 cm³/mol. The van der Waals surface area contributed by atoms with Gasteiger partial charge in [0.2, 0.25) is 0 Å². The molecule has 1 heterocycles. The number of anilines is 1. The second-order valence-corrected chi connectivity index (χ2v) is 3.52. The van der Waals surface area contributed by atoms with E-state index < -0.39 is 5.97 Å². The molecule has 2 N–H and O–H groups in total. The Morgan fingerprint density at radius 3 is 3.00 bits per heavy atom. The quantitative estimate of drug-likeness (QED) is 0.624. The minimum atomic E-state index is -1.05. The van der Waals surface area contributed by atoms with Gasteiger partial charge < -0.3 is 5.11 Å². The number of carbonyl (C=O) groups is 1. The van der Waals surface area contributed by atoms with Gasteiger partial charge in [0.25, 0.3) is 0 Å². The summed E-state index contributed by atoms with van der Waals surface area (Å²) in [5.41, 5.74) is 3.47. The molecule has 0 bridgehead atoms. The van der Waals surface area contributed by atoms with E-state index in [1.807, 2.05) is 24.3 Å². The first-order valence-corrected chi connectivity index (χ1v) is 5.05. The van der Waals surface area contributed by atoms with Crippen molar-refractivity contribution in [3.8, 4) is 0 Å². The minimum Gasteiger partial charge on any atom is -0.477 e. The molecule has 0 spiro atoms. The van der Waals surface area contributed by atoms with Gasteiger partial charge in [0.15, 0.2) is 0 Å². The molecule has 5 heteroatoms. The number of benzene rings is 1. The van der Waals surface area contributed by atoms with Crippen LogP contribution in [0.15, 0.2) is 41.8 Å². The average molecular weight is 229 g/mol. The summed E-state index contributed by atoms with van der Waals surface area (Å²) >= 11 is 0. The highest BCUT2D eigenvalue weighted by atomic mass is 16.4. The van der Waals surface area contributed by atoms with Crippen molar-refractivity contribution >= 4 is 28.1 Å². The van der Waals surface area contributed by atoms with Crippen molar-refractivity contribution in [2.45, 2.75) is 6.92 Å². The number of pyridine rings is 1. The van der Waals surface area contributed by atoms with Gasteiger partial charge in [-0.25, -0.2) is 4.79 Å². The zero-order valence-corrected chi connectivity index (χ0v) is 9.21. The van der Waals surface area contributed by atoms with Crippen LogP contribution in [0.25, 0.3) is 10.8 Å². The van der Waals surface area contributed by atoms with E-state index in [2.05, 4.69) is 15.5 Å². The number of rotatable bonds is 3. The van der Waals surface area contributed by atoms with Crippen LogP contribution in [0.1, 0.15) is 6.92 Å². The number of hydrogen-bond donors (Lipinski definition) is 2. The molecule has 0 amide bonds. The van der Waals surface area contributed by atoms with E-state index in [1.165, 1.54) is 6.92 Å². The maximum absolute atomic E-state index is 10.6. The molecule has 0 fully saturated rings. The highest BCUT2D eigenvalue weighted by molar-refractivity contribution is 6.34. The fourth-order valence-corrected chi connectivity index (χ4v) is 1.40. The van der Waals surface area contributed by atoms with Crippen LogP contribution in [-0.2, 0) is 4.79 Å². The summed E-state index contributed by atoms with van der Waals surface area (Å²) in [4.78, 5) is 14.6. The Kier molecular flexibility index (Phi) is 3.00. The van der Waals surface area contributed by atoms with Gasteiger partial charge in [0.1, 0.15) is 5.71 Å². The van der Waals surface area contributed by atoms with Gasteiger partial charge in [-0.15, -0.1) is 0 Å². The molecule has 0 unspecified atom stereocenters. The van der Waals surface area contributed by atoms with Crippen LogP contribution in [0.3, 0.4) is 0 Å². The van der Waals surface area contributed by atoms with Crippen molar-refractivity contribution in [1.82, 2.24) is 4.98 Å². The van der Waals surface area contributed by atoms with Gasteiger partial charge in [0.05, 0.1) is 5.69 Å². The first kappa shape index (κ1) is 11.1. The summed E-state index contributed by atoms with van der Waals surface area (Å²) in [5, 5.41) is 14.4. The van der Waals surface area contributed by atoms with Gasteiger partial charge >= 0.3 is 5.97 Å². The van der Waals surface area contributed by atoms with Crippen LogP contribution in [0.2, 0.25) is 0 Å². The molecule has 0 aliphatic rings. The smallest absolute Gasteiger partial charge is 0.351 e. The third-order valence-corrected chi connectivity index (χ3v) is 2.34. The van der Waals surface area contributed by atoms with Crippen LogP contribution in [-0.4, -0.2) is 21.8 Å². The van der Waals surface area contributed by atoms with E-state index in [1.54, 1.807) is 12.4 Å². The maximum Gasteiger partial charge on any atom is 0.351 e. The van der Waals surface area contributed by atoms with E-state index in [4.69, 9.17) is 5.11 Å². The zero-order chi connectivity index (χ0) is 12.3. The topological polar surface area (TPSA) is 74.6 Å². The standard InChI is InChI=1S/C12H11N3O2/c1-8(12(16)17)14-15-11-4-2-3-9-5-6-13-7-10(9)11/h2-7,15H,1H3,(H,16,17)/b14-8+. The van der Waals surface area contributed by atoms with E-state index >= 15 is 0 Å². The maximum atomic E-state index is 10.6. The number of fused-ring (bicyclic) bond motifs is 1. The van der Waals surface area contributed by atoms with Crippen molar-refractivity contribution in [2.24, 2.45) is 5.10 Å². The number of carboxylic acid groups (broad SMARTS) is 1. The van der Waals surface area contributed by atoms with Crippen LogP contribution < -0.4 is 5.43 Å². The number of carboxylic acids is 1. The summed E-state index contributed by atoms with van der Waals surface area (Å²) in [6.07, 6.45) is 3.42. The molecule has 86 valence electrons. The predicted octanol–water partition coefficient (Wildman–Crippen LogP) is 2.11. The lowest BCUT2D eigenvalue weighted by Crippen LogP contribution is -2.10. The monoisotopic (exact) mass is 229 g/mol. The Labute approximate surface area is 97.8 Å². The van der Waals surface area contributed by atoms with Gasteiger partial charge in [-0.1, -0.05) is 12.1 Å². The van der Waals surface area contributed by atoms with E-state index in [-0.39, 0.29) is 5.71 Å². The fourth-order valence-electron chi connectivity index (χ4n) is 1.40. The molecule has 0 atom stereocenters. The summed E-state index contributed by atoms with van der Waals surface area (Å²) in [6, 6.07) is 7.53. The molecule has 0 aliphatic heterocycles. The van der Waals surface area contributed by atoms with Crippen molar-refractivity contribution in [3.05, 3.63) is 36.7 Å². The molecule has 0 saturated carbocycles. The molecular weight excluding hydrogens is 218 g/mol. The molecule has 5 nitrogen and oxygen atoms in total. The minimum absolute atomic E-state index is 0.00546. The van der Waals surface area contributed by atoms with E-state index in [0.717, 1.165) is 16.5 Å². The lowest BCUT2D eigenvalue weighted by Gasteiger charge is -2.05. The average Bonchev–Trinajstić information content (AvgIpc) is 2.35. The largest absolute Gasteiger partial charge is 0.477 e. The third-order valence-electron chi connectivity index (χ3n) is 2.34. The molecule has 17 heavy (non-hydrogen) atoms. The van der Waals surface area contributed by atoms with Crippen LogP contribution in [0.4, 0.5) is 5.69 Å². The highest BCUT2D eigenvalue weighted by Crippen LogP contribution is 2.21. The number of aromatic nitrogens is 1. The number of nitrogens with one attached hydrogen (secondary N) is 1. The van der Waals surface area contributed by atoms with E-state index in [0.29, 0.717) is 0 Å². The SMILES string of the molecule is C/C(=N\Nc1cccc2ccncc12)C(=O)O. The Balaban J connectivity index is 2.37. The first-order valence-electron chi connectivity index (χ1n) is 5.05. The second kappa shape index (κ2) is 4.61. The van der Waals surface area contributed by atoms with Crippen molar-refractivity contribution in [3.63, 3.8) is 0 Å². The Morgan fingerprint density at radius 1 is 1.41 bits per heavy atom. The Morgan fingerprint density at radius 2 is 2.24 bits per heavy atom. The molecule has 2 aromatic rings. The molecule has 0 saturated heterocycles. The second-order valence-electron chi connectivity index (χ2n) is 3.52. The van der Waals surface area contributed by atoms with Gasteiger partial charge in [-0.05, 0) is 24.4 Å². The first-order chi connectivity index (χ1) is 8.18. The molecule has 2 rings (SSSR count). The number of hydrazone groups is 1. The lowest BCUT2D eigenvalue weighted by atomic mass is 10.1. The summed E-state index contributed by atoms with van der Waals surface area (Å²) in [5.74, 6) is -1.05. The Bertz CT molecular complexity index is 588. The lowest BCUT2D eigenvalue weighted by molar-refractivity contribution is -0.129. The number of nitrogens with zero attached hydrogens (tertiary/aromatic N) is 2. The zero-order valence-electron chi connectivity index (χ0n) is 9.21. The van der Waals surface area contributed by atoms with Crippen molar-refractivity contribution in [1.29, 1.82) is 0 Å². The highest BCUT2D eigenvalue weighted by Gasteiger charge is 2.02. The van der Waals surface area contributed by atoms with Crippen LogP contribution in [0, 0.1) is 0 Å². The third kappa shape index (κ3) is 2.39. The van der Waals surface area contributed by atoms with Gasteiger partial charge in [0, 0.05) is 17.8 Å². The van der Waals surface area contributed by atoms with Crippen molar-refractivity contribution in [2.75, 3.05) is 5.43 Å². The molecular formula is C12H11N3O2. The molecule has 0 aliphatic carbocycles. The molecule has 1 aromatic heterocycles. The Hall–Kier alpha value is -2.43. The fraction of sp³-hybridized carbons (Fsp3) is 0.0833. The van der Waals surface area contributed by atoms with Gasteiger partial charge in [-0.3, -0.25) is 10.4 Å². The van der Waals surface area contributed by atoms with Crippen LogP contribution in [0.5, 0.6) is 0 Å². The molecule has 1 aromatic carbocycles. The van der Waals surface area contributed by atoms with Crippen LogP contribution >= 0.6 is 0 Å².